The number of benzene rings is 3. The van der Waals surface area contributed by atoms with Crippen molar-refractivity contribution < 1.29 is 47.7 Å². The number of hydrogen-bond donors (Lipinski definition) is 6. The number of piperidine rings is 1. The molecule has 0 aliphatic carbocycles. The second-order valence-corrected chi connectivity index (χ2v) is 17.4. The molecule has 0 spiro atoms. The summed E-state index contributed by atoms with van der Waals surface area (Å²) in [4.78, 5) is 77.2. The Hall–Kier alpha value is -7.36. The van der Waals surface area contributed by atoms with Crippen molar-refractivity contribution in [1.82, 2.24) is 35.3 Å². The Morgan fingerprint density at radius 3 is 2.48 bits per heavy atom. The summed E-state index contributed by atoms with van der Waals surface area (Å²) >= 11 is 0. The molecule has 3 aliphatic heterocycles. The summed E-state index contributed by atoms with van der Waals surface area (Å²) in [6.45, 7) is 5.19. The SMILES string of the molecule is C[C@@H](NC(=O)c1cccc(NCC(=N)N(C)C(=N)c2ccncn2)c1)c1cccc(OCCCCCOCCCOCC(=O)N2CCN(c3cc4c(cc3F)C(O)N(C3CCC(=O)NC3=O)C4=O)CC2)c1. The van der Waals surface area contributed by atoms with E-state index < -0.39 is 35.8 Å². The van der Waals surface area contributed by atoms with E-state index in [1.807, 2.05) is 37.3 Å². The predicted octanol–water partition coefficient (Wildman–Crippen LogP) is 4.03. The van der Waals surface area contributed by atoms with E-state index in [0.717, 1.165) is 35.8 Å². The molecule has 4 heterocycles. The molecule has 2 saturated heterocycles. The Morgan fingerprint density at radius 1 is 0.944 bits per heavy atom. The number of anilines is 2. The van der Waals surface area contributed by atoms with Crippen LogP contribution in [0, 0.1) is 16.6 Å². The van der Waals surface area contributed by atoms with E-state index in [1.165, 1.54) is 17.3 Å². The first-order valence-corrected chi connectivity index (χ1v) is 23.7. The molecular weight excluding hydrogens is 918 g/mol. The number of aromatic nitrogens is 2. The quantitative estimate of drug-likeness (QED) is 0.0282. The Bertz CT molecular complexity index is 2580. The number of halogens is 1. The van der Waals surface area contributed by atoms with Crippen molar-refractivity contribution in [3.63, 3.8) is 0 Å². The van der Waals surface area contributed by atoms with Crippen molar-refractivity contribution in [3.8, 4) is 5.75 Å². The zero-order chi connectivity index (χ0) is 50.4. The van der Waals surface area contributed by atoms with E-state index in [2.05, 4.69) is 25.9 Å². The number of imide groups is 1. The van der Waals surface area contributed by atoms with Gasteiger partial charge in [0.15, 0.2) is 12.1 Å². The predicted molar refractivity (Wildman–Crippen MR) is 260 cm³/mol. The maximum absolute atomic E-state index is 15.4. The molecule has 1 aromatic heterocycles. The van der Waals surface area contributed by atoms with Crippen molar-refractivity contribution in [3.05, 3.63) is 113 Å². The monoisotopic (exact) mass is 977 g/mol. The molecule has 0 saturated carbocycles. The average Bonchev–Trinajstić information content (AvgIpc) is 3.62. The van der Waals surface area contributed by atoms with Gasteiger partial charge in [-0.05, 0) is 93.1 Å². The number of nitrogens with one attached hydrogen (secondary N) is 5. The zero-order valence-electron chi connectivity index (χ0n) is 39.8. The first-order chi connectivity index (χ1) is 34.3. The summed E-state index contributed by atoms with van der Waals surface area (Å²) in [7, 11) is 1.62. The lowest BCUT2D eigenvalue weighted by atomic mass is 10.0. The van der Waals surface area contributed by atoms with Crippen LogP contribution >= 0.6 is 0 Å². The minimum absolute atomic E-state index is 0.0226. The van der Waals surface area contributed by atoms with Gasteiger partial charge in [-0.25, -0.2) is 14.4 Å². The van der Waals surface area contributed by atoms with Crippen LogP contribution < -0.4 is 25.6 Å². The van der Waals surface area contributed by atoms with Gasteiger partial charge in [-0.15, -0.1) is 0 Å². The van der Waals surface area contributed by atoms with Gasteiger partial charge in [0, 0.05) is 88.0 Å². The summed E-state index contributed by atoms with van der Waals surface area (Å²) in [6.07, 6.45) is 4.69. The fraction of sp³-hybridized carbons (Fsp3) is 0.420. The highest BCUT2D eigenvalue weighted by atomic mass is 19.1. The minimum Gasteiger partial charge on any atom is -0.494 e. The number of amides is 5. The largest absolute Gasteiger partial charge is 0.494 e. The number of unbranched alkanes of at least 4 members (excludes halogenated alkanes) is 2. The Morgan fingerprint density at radius 2 is 1.70 bits per heavy atom. The van der Waals surface area contributed by atoms with Gasteiger partial charge in [-0.2, -0.15) is 0 Å². The Balaban J connectivity index is 0.717. The first-order valence-electron chi connectivity index (χ1n) is 23.7. The van der Waals surface area contributed by atoms with Gasteiger partial charge >= 0.3 is 0 Å². The van der Waals surface area contributed by atoms with Crippen molar-refractivity contribution >= 4 is 52.6 Å². The topological polar surface area (TPSA) is 256 Å². The molecule has 3 aliphatic rings. The van der Waals surface area contributed by atoms with Crippen LogP contribution in [-0.2, 0) is 23.9 Å². The molecule has 2 fully saturated rings. The highest BCUT2D eigenvalue weighted by molar-refractivity contribution is 6.07. The van der Waals surface area contributed by atoms with E-state index in [-0.39, 0.29) is 72.3 Å². The number of rotatable bonds is 22. The van der Waals surface area contributed by atoms with E-state index in [1.54, 1.807) is 47.3 Å². The Kier molecular flexibility index (Phi) is 17.7. The molecule has 3 aromatic carbocycles. The molecule has 3 atom stereocenters. The number of carbonyl (C=O) groups is 5. The summed E-state index contributed by atoms with van der Waals surface area (Å²) < 4.78 is 32.7. The lowest BCUT2D eigenvalue weighted by molar-refractivity contribution is -0.140. The molecule has 4 aromatic rings. The molecule has 0 bridgehead atoms. The number of hydrogen-bond acceptors (Lipinski definition) is 15. The Labute approximate surface area is 410 Å². The average molecular weight is 978 g/mol. The summed E-state index contributed by atoms with van der Waals surface area (Å²) in [5.74, 6) is -1.88. The van der Waals surface area contributed by atoms with Crippen LogP contribution in [0.2, 0.25) is 0 Å². The second-order valence-electron chi connectivity index (χ2n) is 17.4. The number of amidine groups is 2. The number of fused-ring (bicyclic) bond motifs is 1. The smallest absolute Gasteiger partial charge is 0.257 e. The summed E-state index contributed by atoms with van der Waals surface area (Å²) in [5, 5.41) is 36.0. The van der Waals surface area contributed by atoms with Gasteiger partial charge in [0.2, 0.25) is 17.7 Å². The van der Waals surface area contributed by atoms with Crippen molar-refractivity contribution in [1.29, 1.82) is 10.8 Å². The molecule has 21 heteroatoms. The van der Waals surface area contributed by atoms with Crippen LogP contribution in [0.1, 0.15) is 95.3 Å². The highest BCUT2D eigenvalue weighted by Gasteiger charge is 2.45. The number of carbonyl (C=O) groups excluding carboxylic acids is 5. The third-order valence-electron chi connectivity index (χ3n) is 12.5. The number of likely N-dealkylation sites (N-methyl/N-ethyl adjacent to an activating group) is 1. The molecule has 7 rings (SSSR count). The summed E-state index contributed by atoms with van der Waals surface area (Å²) in [5.41, 5.74) is 2.73. The van der Waals surface area contributed by atoms with E-state index >= 15 is 4.39 Å². The zero-order valence-corrected chi connectivity index (χ0v) is 39.8. The van der Waals surface area contributed by atoms with Gasteiger partial charge in [-0.3, -0.25) is 45.0 Å². The van der Waals surface area contributed by atoms with Crippen LogP contribution in [-0.4, -0.2) is 150 Å². The fourth-order valence-corrected chi connectivity index (χ4v) is 8.41. The van der Waals surface area contributed by atoms with Gasteiger partial charge < -0.3 is 44.7 Å². The molecule has 376 valence electrons. The van der Waals surface area contributed by atoms with Gasteiger partial charge in [0.05, 0.1) is 24.9 Å². The molecule has 0 radical (unpaired) electrons. The fourth-order valence-electron chi connectivity index (χ4n) is 8.41. The number of nitrogens with zero attached hydrogens (tertiary/aromatic N) is 6. The van der Waals surface area contributed by atoms with Crippen LogP contribution in [0.4, 0.5) is 15.8 Å². The maximum atomic E-state index is 15.4. The normalized spacial score (nSPS) is 17.1. The molecule has 2 unspecified atom stereocenters. The molecule has 20 nitrogen and oxygen atoms in total. The molecule has 71 heavy (non-hydrogen) atoms. The van der Waals surface area contributed by atoms with Crippen molar-refractivity contribution in [2.24, 2.45) is 0 Å². The first kappa shape index (κ1) is 51.5. The molecule has 5 amide bonds. The molecule has 6 N–H and O–H groups in total. The number of ether oxygens (including phenoxy) is 3. The molecular formula is C50H60FN11O9. The third-order valence-corrected chi connectivity index (χ3v) is 12.5. The van der Waals surface area contributed by atoms with Gasteiger partial charge in [0.25, 0.3) is 11.8 Å². The lowest BCUT2D eigenvalue weighted by Gasteiger charge is -2.36. The van der Waals surface area contributed by atoms with Crippen molar-refractivity contribution in [2.75, 3.05) is 83.0 Å². The van der Waals surface area contributed by atoms with E-state index in [0.29, 0.717) is 81.7 Å². The van der Waals surface area contributed by atoms with Gasteiger partial charge in [-0.1, -0.05) is 18.2 Å². The third kappa shape index (κ3) is 13.3. The van der Waals surface area contributed by atoms with Crippen LogP contribution in [0.5, 0.6) is 5.75 Å². The number of aliphatic hydroxyl groups excluding tert-OH is 1. The minimum atomic E-state index is -1.52. The van der Waals surface area contributed by atoms with Crippen molar-refractivity contribution in [2.45, 2.75) is 63.8 Å². The lowest BCUT2D eigenvalue weighted by Crippen LogP contribution is -2.53. The van der Waals surface area contributed by atoms with Gasteiger partial charge in [0.1, 0.15) is 42.1 Å². The van der Waals surface area contributed by atoms with E-state index in [4.69, 9.17) is 25.0 Å². The van der Waals surface area contributed by atoms with Crippen LogP contribution in [0.25, 0.3) is 0 Å². The van der Waals surface area contributed by atoms with Crippen LogP contribution in [0.3, 0.4) is 0 Å². The van der Waals surface area contributed by atoms with E-state index in [9.17, 15) is 29.1 Å². The second kappa shape index (κ2) is 24.5. The van der Waals surface area contributed by atoms with Crippen LogP contribution in [0.15, 0.2) is 79.3 Å². The number of piperazine rings is 1. The summed E-state index contributed by atoms with van der Waals surface area (Å²) in [6, 6.07) is 17.4. The standard InChI is InChI=1S/C50H60FN11O9/c1-32(57-47(65)34-10-6-11-35(25-34)55-29-43(52)59(2)46(53)40-15-16-54-31-56-40)33-9-7-12-36(26-33)71-24-5-3-4-21-69-22-8-23-70-30-45(64)61-19-17-60(18-20-61)42-28-38-37(27-39(42)51)49(67)62(50(38)68)41-13-14-44(63)58-48(41)66/h6-7,9-12,15-16,25-28,31-32,41,49,52-53,55,67H,3-5,8,13-14,17-24,29-30H2,1-2H3,(H,57,65)(H,58,63,66)/t32-,41?,49?/m1/s1. The maximum Gasteiger partial charge on any atom is 0.257 e. The number of aliphatic hydroxyl groups is 1. The highest BCUT2D eigenvalue weighted by Crippen LogP contribution is 2.38.